The van der Waals surface area contributed by atoms with Gasteiger partial charge in [-0.05, 0) is 52.2 Å². The number of rotatable bonds is 12. The number of nitrogens with one attached hydrogen (secondary N) is 3. The fraction of sp³-hybridized carbons (Fsp3) is 0.432. The molecule has 1 aliphatic heterocycles. The van der Waals surface area contributed by atoms with E-state index in [2.05, 4.69) is 21.9 Å². The van der Waals surface area contributed by atoms with Crippen molar-refractivity contribution in [1.82, 2.24) is 25.2 Å². The summed E-state index contributed by atoms with van der Waals surface area (Å²) in [5.74, 6) is -1.56. The standard InChI is InChI=1S/C37H43N5O9S/c1-6-23-19-37(23,34(45)41-52(47,48)26-13-14-26)40-33(44)30-17-25(21-42(30)32(43)20-38-35(46)51-36(2,3)4)50-31-18-28(22-10-8-7-9-11-22)39-29-16-24(49-5)12-15-27(29)31/h6-12,15-16,18,23,25-26,30H,1,13-14,17,19-21H2,2-5H3,(H,38,46)(H,40,44)(H,41,45). The minimum atomic E-state index is -3.89. The zero-order valence-corrected chi connectivity index (χ0v) is 30.3. The van der Waals surface area contributed by atoms with Gasteiger partial charge >= 0.3 is 6.09 Å². The van der Waals surface area contributed by atoms with E-state index >= 15 is 0 Å². The van der Waals surface area contributed by atoms with Crippen LogP contribution in [0.3, 0.4) is 0 Å². The highest BCUT2D eigenvalue weighted by Gasteiger charge is 2.62. The number of amides is 4. The molecule has 14 nitrogen and oxygen atoms in total. The van der Waals surface area contributed by atoms with E-state index in [0.29, 0.717) is 40.9 Å². The minimum Gasteiger partial charge on any atom is -0.497 e. The van der Waals surface area contributed by atoms with Crippen LogP contribution in [0.25, 0.3) is 22.2 Å². The van der Waals surface area contributed by atoms with Gasteiger partial charge in [-0.2, -0.15) is 0 Å². The van der Waals surface area contributed by atoms with E-state index in [1.165, 1.54) is 11.0 Å². The van der Waals surface area contributed by atoms with Crippen molar-refractivity contribution in [2.45, 2.75) is 75.0 Å². The maximum Gasteiger partial charge on any atom is 0.408 e. The number of ether oxygens (including phenoxy) is 3. The lowest BCUT2D eigenvalue weighted by Gasteiger charge is -2.27. The summed E-state index contributed by atoms with van der Waals surface area (Å²) in [4.78, 5) is 59.7. The van der Waals surface area contributed by atoms with Crippen molar-refractivity contribution in [1.29, 1.82) is 0 Å². The van der Waals surface area contributed by atoms with Gasteiger partial charge in [0.05, 0.1) is 30.1 Å². The number of fused-ring (bicyclic) bond motifs is 1. The predicted octanol–water partition coefficient (Wildman–Crippen LogP) is 3.45. The van der Waals surface area contributed by atoms with Crippen molar-refractivity contribution in [3.63, 3.8) is 0 Å². The second kappa shape index (κ2) is 14.1. The van der Waals surface area contributed by atoms with Gasteiger partial charge in [0.2, 0.25) is 21.8 Å². The van der Waals surface area contributed by atoms with E-state index in [1.807, 2.05) is 36.4 Å². The van der Waals surface area contributed by atoms with Gasteiger partial charge in [0.15, 0.2) is 0 Å². The molecule has 1 saturated heterocycles. The van der Waals surface area contributed by atoms with Crippen LogP contribution >= 0.6 is 0 Å². The third-order valence-electron chi connectivity index (χ3n) is 9.26. The Bertz CT molecular complexity index is 2010. The highest BCUT2D eigenvalue weighted by Crippen LogP contribution is 2.45. The van der Waals surface area contributed by atoms with E-state index in [1.54, 1.807) is 46.1 Å². The Balaban J connectivity index is 1.27. The molecule has 0 bridgehead atoms. The van der Waals surface area contributed by atoms with Gasteiger partial charge in [0, 0.05) is 35.4 Å². The monoisotopic (exact) mass is 733 g/mol. The van der Waals surface area contributed by atoms with Gasteiger partial charge in [0.25, 0.3) is 5.91 Å². The molecule has 0 spiro atoms. The molecule has 4 unspecified atom stereocenters. The molecular formula is C37H43N5O9S. The molecule has 52 heavy (non-hydrogen) atoms. The molecule has 276 valence electrons. The summed E-state index contributed by atoms with van der Waals surface area (Å²) in [6.07, 6.45) is 1.07. The van der Waals surface area contributed by atoms with Crippen molar-refractivity contribution >= 4 is 44.7 Å². The first-order valence-electron chi connectivity index (χ1n) is 17.1. The van der Waals surface area contributed by atoms with Crippen LogP contribution in [0.1, 0.15) is 46.5 Å². The number of sulfonamides is 1. The molecule has 3 aliphatic rings. The van der Waals surface area contributed by atoms with Crippen LogP contribution < -0.4 is 24.8 Å². The quantitative estimate of drug-likeness (QED) is 0.233. The molecule has 2 aromatic carbocycles. The Morgan fingerprint density at radius 1 is 1.08 bits per heavy atom. The van der Waals surface area contributed by atoms with E-state index in [0.717, 1.165) is 5.56 Å². The molecule has 1 aromatic heterocycles. The van der Waals surface area contributed by atoms with Crippen LogP contribution in [0, 0.1) is 5.92 Å². The lowest BCUT2D eigenvalue weighted by molar-refractivity contribution is -0.139. The SMILES string of the molecule is C=CC1CC1(NC(=O)C1CC(Oc2cc(-c3ccccc3)nc3cc(OC)ccc23)CN1C(=O)CNC(=O)OC(C)(C)C)C(=O)NS(=O)(=O)C1CC1. The largest absolute Gasteiger partial charge is 0.497 e. The summed E-state index contributed by atoms with van der Waals surface area (Å²) in [6, 6.07) is 15.6. The fourth-order valence-corrected chi connectivity index (χ4v) is 7.69. The molecule has 2 aliphatic carbocycles. The third kappa shape index (κ3) is 7.98. The zero-order chi connectivity index (χ0) is 37.4. The van der Waals surface area contributed by atoms with Crippen LogP contribution in [0.4, 0.5) is 4.79 Å². The molecule has 6 rings (SSSR count). The van der Waals surface area contributed by atoms with E-state index < -0.39 is 74.8 Å². The van der Waals surface area contributed by atoms with Crippen molar-refractivity contribution in [2.24, 2.45) is 5.92 Å². The Labute approximate surface area is 302 Å². The molecule has 15 heteroatoms. The molecular weight excluding hydrogens is 691 g/mol. The highest BCUT2D eigenvalue weighted by atomic mass is 32.2. The van der Waals surface area contributed by atoms with Crippen molar-refractivity contribution in [3.8, 4) is 22.8 Å². The van der Waals surface area contributed by atoms with Gasteiger partial charge in [-0.1, -0.05) is 36.4 Å². The molecule has 3 fully saturated rings. The van der Waals surface area contributed by atoms with Gasteiger partial charge in [-0.25, -0.2) is 18.2 Å². The van der Waals surface area contributed by atoms with Crippen LogP contribution in [-0.4, -0.2) is 90.9 Å². The summed E-state index contributed by atoms with van der Waals surface area (Å²) in [5.41, 5.74) is -0.258. The van der Waals surface area contributed by atoms with Crippen molar-refractivity contribution in [3.05, 3.63) is 67.3 Å². The number of methoxy groups -OCH3 is 1. The van der Waals surface area contributed by atoms with Crippen molar-refractivity contribution in [2.75, 3.05) is 20.2 Å². The fourth-order valence-electron chi connectivity index (χ4n) is 6.33. The number of carbonyl (C=O) groups is 4. The molecule has 0 radical (unpaired) electrons. The lowest BCUT2D eigenvalue weighted by atomic mass is 10.1. The van der Waals surface area contributed by atoms with E-state index in [9.17, 15) is 27.6 Å². The molecule has 2 saturated carbocycles. The Morgan fingerprint density at radius 3 is 2.44 bits per heavy atom. The zero-order valence-electron chi connectivity index (χ0n) is 29.5. The maximum absolute atomic E-state index is 14.1. The number of alkyl carbamates (subject to hydrolysis) is 1. The molecule has 3 aromatic rings. The predicted molar refractivity (Wildman–Crippen MR) is 192 cm³/mol. The number of carbonyl (C=O) groups excluding carboxylic acids is 4. The summed E-state index contributed by atoms with van der Waals surface area (Å²) in [5, 5.41) is 5.24. The van der Waals surface area contributed by atoms with Crippen LogP contribution in [0.5, 0.6) is 11.5 Å². The summed E-state index contributed by atoms with van der Waals surface area (Å²) >= 11 is 0. The van der Waals surface area contributed by atoms with Crippen LogP contribution in [0.15, 0.2) is 67.3 Å². The lowest BCUT2D eigenvalue weighted by Crippen LogP contribution is -2.57. The Morgan fingerprint density at radius 2 is 1.81 bits per heavy atom. The van der Waals surface area contributed by atoms with Crippen LogP contribution in [0.2, 0.25) is 0 Å². The number of pyridine rings is 1. The maximum atomic E-state index is 14.1. The summed E-state index contributed by atoms with van der Waals surface area (Å²) in [6.45, 7) is 8.32. The van der Waals surface area contributed by atoms with E-state index in [-0.39, 0.29) is 19.4 Å². The number of aromatic nitrogens is 1. The van der Waals surface area contributed by atoms with Gasteiger partial charge in [0.1, 0.15) is 41.3 Å². The first kappa shape index (κ1) is 36.6. The number of nitrogens with zero attached hydrogens (tertiary/aromatic N) is 2. The van der Waals surface area contributed by atoms with Gasteiger partial charge in [-0.3, -0.25) is 19.1 Å². The number of hydrogen-bond donors (Lipinski definition) is 3. The highest BCUT2D eigenvalue weighted by molar-refractivity contribution is 7.91. The van der Waals surface area contributed by atoms with E-state index in [4.69, 9.17) is 19.2 Å². The first-order valence-corrected chi connectivity index (χ1v) is 18.6. The molecule has 4 atom stereocenters. The second-order valence-corrected chi connectivity index (χ2v) is 16.3. The normalized spacial score (nSPS) is 22.6. The summed E-state index contributed by atoms with van der Waals surface area (Å²) < 4.78 is 44.7. The second-order valence-electron chi connectivity index (χ2n) is 14.3. The van der Waals surface area contributed by atoms with Crippen molar-refractivity contribution < 1.29 is 41.8 Å². The average Bonchev–Trinajstić information content (AvgIpc) is 4.03. The molecule has 2 heterocycles. The molecule has 3 N–H and O–H groups in total. The van der Waals surface area contributed by atoms with Gasteiger partial charge in [-0.15, -0.1) is 6.58 Å². The first-order chi connectivity index (χ1) is 24.6. The smallest absolute Gasteiger partial charge is 0.408 e. The third-order valence-corrected chi connectivity index (χ3v) is 11.1. The number of likely N-dealkylation sites (tertiary alicyclic amines) is 1. The van der Waals surface area contributed by atoms with Crippen LogP contribution in [-0.2, 0) is 29.1 Å². The topological polar surface area (TPSA) is 182 Å². The minimum absolute atomic E-state index is 0.0292. The molecule has 4 amide bonds. The summed E-state index contributed by atoms with van der Waals surface area (Å²) in [7, 11) is -2.33. The average molecular weight is 734 g/mol. The van der Waals surface area contributed by atoms with Gasteiger partial charge < -0.3 is 29.7 Å². The Kier molecular flexibility index (Phi) is 9.92. The number of benzene rings is 2. The number of hydrogen-bond acceptors (Lipinski definition) is 10. The Hall–Kier alpha value is -5.18.